The number of rotatable bonds is 6. The minimum Gasteiger partial charge on any atom is -0.389 e. The topological polar surface area (TPSA) is 50.1 Å². The molecule has 2 rings (SSSR count). The van der Waals surface area contributed by atoms with Crippen molar-refractivity contribution in [2.75, 3.05) is 13.1 Å². The third-order valence-electron chi connectivity index (χ3n) is 3.79. The number of aromatic nitrogens is 2. The molecule has 1 aromatic rings. The second-order valence-corrected chi connectivity index (χ2v) is 5.44. The molecule has 1 heterocycles. The van der Waals surface area contributed by atoms with Gasteiger partial charge in [0.15, 0.2) is 0 Å². The monoisotopic (exact) mass is 251 g/mol. The van der Waals surface area contributed by atoms with E-state index in [1.165, 1.54) is 25.7 Å². The van der Waals surface area contributed by atoms with Gasteiger partial charge in [0.2, 0.25) is 0 Å². The van der Waals surface area contributed by atoms with Crippen molar-refractivity contribution in [3.8, 4) is 0 Å². The Labute approximate surface area is 109 Å². The van der Waals surface area contributed by atoms with Gasteiger partial charge in [-0.05, 0) is 31.9 Å². The molecule has 0 atom stereocenters. The van der Waals surface area contributed by atoms with E-state index in [0.29, 0.717) is 0 Å². The molecule has 102 valence electrons. The van der Waals surface area contributed by atoms with Gasteiger partial charge in [-0.3, -0.25) is 4.68 Å². The molecule has 4 nitrogen and oxygen atoms in total. The summed E-state index contributed by atoms with van der Waals surface area (Å²) in [5.74, 6) is 0. The van der Waals surface area contributed by atoms with E-state index in [9.17, 15) is 5.11 Å². The highest BCUT2D eigenvalue weighted by Crippen LogP contribution is 2.26. The Balaban J connectivity index is 1.59. The predicted octanol–water partition coefficient (Wildman–Crippen LogP) is 1.95. The van der Waals surface area contributed by atoms with E-state index in [0.717, 1.165) is 38.9 Å². The Bertz CT molecular complexity index is 316. The van der Waals surface area contributed by atoms with Crippen molar-refractivity contribution >= 4 is 0 Å². The van der Waals surface area contributed by atoms with Crippen LogP contribution in [0.25, 0.3) is 0 Å². The second-order valence-electron chi connectivity index (χ2n) is 5.44. The summed E-state index contributed by atoms with van der Waals surface area (Å²) >= 11 is 0. The Kier molecular flexibility index (Phi) is 5.20. The van der Waals surface area contributed by atoms with E-state index in [1.807, 2.05) is 23.1 Å². The lowest BCUT2D eigenvalue weighted by atomic mass is 9.94. The molecule has 1 aliphatic carbocycles. The molecule has 0 radical (unpaired) electrons. The summed E-state index contributed by atoms with van der Waals surface area (Å²) in [4.78, 5) is 0. The molecule has 1 aliphatic rings. The van der Waals surface area contributed by atoms with Crippen LogP contribution in [-0.2, 0) is 6.54 Å². The Morgan fingerprint density at radius 3 is 2.67 bits per heavy atom. The SMILES string of the molecule is OC1(CNCCCn2cccn2)CCCCCC1. The molecule has 4 heteroatoms. The van der Waals surface area contributed by atoms with Gasteiger partial charge in [-0.25, -0.2) is 0 Å². The fourth-order valence-corrected chi connectivity index (χ4v) is 2.68. The van der Waals surface area contributed by atoms with Crippen LogP contribution < -0.4 is 5.32 Å². The largest absolute Gasteiger partial charge is 0.389 e. The van der Waals surface area contributed by atoms with Gasteiger partial charge < -0.3 is 10.4 Å². The lowest BCUT2D eigenvalue weighted by molar-refractivity contribution is 0.0254. The lowest BCUT2D eigenvalue weighted by Gasteiger charge is -2.27. The van der Waals surface area contributed by atoms with Crippen LogP contribution >= 0.6 is 0 Å². The molecule has 2 N–H and O–H groups in total. The van der Waals surface area contributed by atoms with Gasteiger partial charge in [-0.2, -0.15) is 5.10 Å². The van der Waals surface area contributed by atoms with Gasteiger partial charge in [-0.15, -0.1) is 0 Å². The molecule has 0 spiro atoms. The fourth-order valence-electron chi connectivity index (χ4n) is 2.68. The van der Waals surface area contributed by atoms with Crippen molar-refractivity contribution in [1.82, 2.24) is 15.1 Å². The van der Waals surface area contributed by atoms with E-state index in [4.69, 9.17) is 0 Å². The van der Waals surface area contributed by atoms with Crippen LogP contribution in [-0.4, -0.2) is 33.6 Å². The van der Waals surface area contributed by atoms with Crippen LogP contribution in [0.5, 0.6) is 0 Å². The smallest absolute Gasteiger partial charge is 0.0771 e. The van der Waals surface area contributed by atoms with Crippen molar-refractivity contribution in [3.05, 3.63) is 18.5 Å². The maximum absolute atomic E-state index is 10.5. The molecule has 0 bridgehead atoms. The summed E-state index contributed by atoms with van der Waals surface area (Å²) in [5.41, 5.74) is -0.456. The number of aryl methyl sites for hydroxylation is 1. The zero-order valence-corrected chi connectivity index (χ0v) is 11.1. The number of aliphatic hydroxyl groups is 1. The first-order valence-corrected chi connectivity index (χ1v) is 7.19. The van der Waals surface area contributed by atoms with Crippen molar-refractivity contribution in [1.29, 1.82) is 0 Å². The molecule has 0 aliphatic heterocycles. The average Bonchev–Trinajstić information content (AvgIpc) is 2.78. The molecule has 1 saturated carbocycles. The molecular formula is C14H25N3O. The molecule has 0 saturated heterocycles. The van der Waals surface area contributed by atoms with E-state index in [2.05, 4.69) is 10.4 Å². The van der Waals surface area contributed by atoms with Crippen LogP contribution in [0.3, 0.4) is 0 Å². The highest BCUT2D eigenvalue weighted by atomic mass is 16.3. The third-order valence-corrected chi connectivity index (χ3v) is 3.79. The van der Waals surface area contributed by atoms with E-state index < -0.39 is 5.60 Å². The van der Waals surface area contributed by atoms with E-state index >= 15 is 0 Å². The summed E-state index contributed by atoms with van der Waals surface area (Å²) in [6.45, 7) is 2.63. The first-order valence-electron chi connectivity index (χ1n) is 7.19. The van der Waals surface area contributed by atoms with Gasteiger partial charge in [0.1, 0.15) is 0 Å². The summed E-state index contributed by atoms with van der Waals surface area (Å²) < 4.78 is 1.95. The predicted molar refractivity (Wildman–Crippen MR) is 72.4 cm³/mol. The van der Waals surface area contributed by atoms with E-state index in [1.54, 1.807) is 0 Å². The molecule has 1 aromatic heterocycles. The highest BCUT2D eigenvalue weighted by molar-refractivity contribution is 4.83. The molecular weight excluding hydrogens is 226 g/mol. The summed E-state index contributed by atoms with van der Waals surface area (Å²) in [5, 5.41) is 18.0. The maximum Gasteiger partial charge on any atom is 0.0771 e. The summed E-state index contributed by atoms with van der Waals surface area (Å²) in [7, 11) is 0. The van der Waals surface area contributed by atoms with Crippen LogP contribution in [0.1, 0.15) is 44.9 Å². The zero-order valence-electron chi connectivity index (χ0n) is 11.1. The standard InChI is InChI=1S/C14H25N3O/c18-14(7-3-1-2-4-8-14)13-15-9-5-11-17-12-6-10-16-17/h6,10,12,15,18H,1-5,7-9,11,13H2. The van der Waals surface area contributed by atoms with Gasteiger partial charge in [0.25, 0.3) is 0 Å². The number of hydrogen-bond donors (Lipinski definition) is 2. The third kappa shape index (κ3) is 4.42. The minimum atomic E-state index is -0.456. The minimum absolute atomic E-state index is 0.456. The normalized spacial score (nSPS) is 19.6. The number of hydrogen-bond acceptors (Lipinski definition) is 3. The van der Waals surface area contributed by atoms with Crippen molar-refractivity contribution in [2.24, 2.45) is 0 Å². The van der Waals surface area contributed by atoms with Crippen molar-refractivity contribution in [3.63, 3.8) is 0 Å². The van der Waals surface area contributed by atoms with Crippen LogP contribution in [0, 0.1) is 0 Å². The molecule has 0 amide bonds. The number of nitrogens with one attached hydrogen (secondary N) is 1. The van der Waals surface area contributed by atoms with Crippen LogP contribution in [0.4, 0.5) is 0 Å². The van der Waals surface area contributed by atoms with Crippen LogP contribution in [0.2, 0.25) is 0 Å². The van der Waals surface area contributed by atoms with E-state index in [-0.39, 0.29) is 0 Å². The lowest BCUT2D eigenvalue weighted by Crippen LogP contribution is -2.40. The molecule has 18 heavy (non-hydrogen) atoms. The van der Waals surface area contributed by atoms with Crippen molar-refractivity contribution in [2.45, 2.75) is 57.1 Å². The van der Waals surface area contributed by atoms with Crippen LogP contribution in [0.15, 0.2) is 18.5 Å². The first kappa shape index (κ1) is 13.6. The quantitative estimate of drug-likeness (QED) is 0.600. The second kappa shape index (κ2) is 6.90. The van der Waals surface area contributed by atoms with Crippen molar-refractivity contribution < 1.29 is 5.11 Å². The highest BCUT2D eigenvalue weighted by Gasteiger charge is 2.26. The summed E-state index contributed by atoms with van der Waals surface area (Å²) in [6, 6.07) is 1.95. The van der Waals surface area contributed by atoms with Gasteiger partial charge in [0, 0.05) is 25.5 Å². The Morgan fingerprint density at radius 1 is 1.22 bits per heavy atom. The number of nitrogens with zero attached hydrogens (tertiary/aromatic N) is 2. The van der Waals surface area contributed by atoms with Gasteiger partial charge >= 0.3 is 0 Å². The molecule has 0 aromatic carbocycles. The average molecular weight is 251 g/mol. The zero-order chi connectivity index (χ0) is 12.7. The van der Waals surface area contributed by atoms with Gasteiger partial charge in [-0.1, -0.05) is 25.7 Å². The molecule has 0 unspecified atom stereocenters. The first-order chi connectivity index (χ1) is 8.79. The maximum atomic E-state index is 10.5. The summed E-state index contributed by atoms with van der Waals surface area (Å²) in [6.07, 6.45) is 11.7. The van der Waals surface area contributed by atoms with Gasteiger partial charge in [0.05, 0.1) is 5.60 Å². The fraction of sp³-hybridized carbons (Fsp3) is 0.786. The Morgan fingerprint density at radius 2 is 2.00 bits per heavy atom. The Hall–Kier alpha value is -0.870. The molecule has 1 fully saturated rings.